The first-order valence-corrected chi connectivity index (χ1v) is 11.7. The second-order valence-electron chi connectivity index (χ2n) is 7.97. The predicted octanol–water partition coefficient (Wildman–Crippen LogP) is 2.48. The van der Waals surface area contributed by atoms with Crippen LogP contribution >= 0.6 is 0 Å². The van der Waals surface area contributed by atoms with Gasteiger partial charge in [0.05, 0.1) is 19.8 Å². The summed E-state index contributed by atoms with van der Waals surface area (Å²) < 4.78 is 10.7. The van der Waals surface area contributed by atoms with E-state index in [1.165, 1.54) is 24.4 Å². The lowest BCUT2D eigenvalue weighted by Gasteiger charge is -2.44. The van der Waals surface area contributed by atoms with Crippen molar-refractivity contribution in [3.63, 3.8) is 0 Å². The number of methoxy groups -OCH3 is 1. The minimum Gasteiger partial charge on any atom is -0.467 e. The number of hydrogen-bond acceptors (Lipinski definition) is 5. The topological polar surface area (TPSA) is 76.0 Å². The molecule has 0 bridgehead atoms. The Kier molecular flexibility index (Phi) is 9.72. The van der Waals surface area contributed by atoms with Crippen molar-refractivity contribution < 1.29 is 24.2 Å². The average Bonchev–Trinajstić information content (AvgIpc) is 2.71. The fraction of sp³-hybridized carbons (Fsp3) is 0.435. The molecule has 0 amide bonds. The van der Waals surface area contributed by atoms with Crippen LogP contribution in [-0.4, -0.2) is 50.4 Å². The number of rotatable bonds is 6. The Hall–Kier alpha value is -1.99. The standard InChI is InChI=1S/C19H26O2Si.C4H8O3/c1-16(15-20)21-22(19(2,3)4,17-11-7-5-8-12-17)18-13-9-6-10-14-18;1-3(5)4(6)7-2/h5-14,16,20H,15H2,1-4H3;3,5H,1-2H3/t16-;3-/m00/s1. The van der Waals surface area contributed by atoms with Gasteiger partial charge in [0, 0.05) is 0 Å². The van der Waals surface area contributed by atoms with E-state index in [9.17, 15) is 9.90 Å². The molecule has 0 fully saturated rings. The van der Waals surface area contributed by atoms with Crippen molar-refractivity contribution in [3.05, 3.63) is 60.7 Å². The van der Waals surface area contributed by atoms with Crippen LogP contribution in [0.25, 0.3) is 0 Å². The largest absolute Gasteiger partial charge is 0.467 e. The van der Waals surface area contributed by atoms with Crippen LogP contribution in [0.3, 0.4) is 0 Å². The van der Waals surface area contributed by atoms with Crippen molar-refractivity contribution in [3.8, 4) is 0 Å². The van der Waals surface area contributed by atoms with Gasteiger partial charge in [-0.25, -0.2) is 4.79 Å². The molecule has 5 nitrogen and oxygen atoms in total. The minimum absolute atomic E-state index is 0.0322. The summed E-state index contributed by atoms with van der Waals surface area (Å²) in [7, 11) is -1.26. The van der Waals surface area contributed by atoms with Gasteiger partial charge in [-0.1, -0.05) is 81.4 Å². The van der Waals surface area contributed by atoms with Gasteiger partial charge in [0.25, 0.3) is 8.32 Å². The molecule has 0 spiro atoms. The van der Waals surface area contributed by atoms with E-state index in [4.69, 9.17) is 9.53 Å². The maximum absolute atomic E-state index is 10.0. The lowest BCUT2D eigenvalue weighted by Crippen LogP contribution is -2.67. The van der Waals surface area contributed by atoms with E-state index in [1.54, 1.807) is 0 Å². The first-order valence-electron chi connectivity index (χ1n) is 9.75. The SMILES string of the molecule is COC(=O)[C@H](C)O.C[C@@H](CO)O[Si](c1ccccc1)(c1ccccc1)C(C)(C)C. The summed E-state index contributed by atoms with van der Waals surface area (Å²) in [5.74, 6) is -0.597. The van der Waals surface area contributed by atoms with Gasteiger partial charge in [0.1, 0.15) is 6.10 Å². The third kappa shape index (κ3) is 6.50. The first-order chi connectivity index (χ1) is 13.6. The van der Waals surface area contributed by atoms with E-state index in [1.807, 2.05) is 19.1 Å². The number of hydrogen-bond donors (Lipinski definition) is 2. The number of carbonyl (C=O) groups is 1. The molecule has 0 radical (unpaired) electrons. The van der Waals surface area contributed by atoms with Gasteiger partial charge in [-0.15, -0.1) is 0 Å². The highest BCUT2D eigenvalue weighted by molar-refractivity contribution is 6.99. The van der Waals surface area contributed by atoms with Crippen molar-refractivity contribution in [1.82, 2.24) is 0 Å². The van der Waals surface area contributed by atoms with Crippen molar-refractivity contribution in [2.75, 3.05) is 13.7 Å². The molecule has 2 aromatic carbocycles. The van der Waals surface area contributed by atoms with Gasteiger partial charge >= 0.3 is 5.97 Å². The number of ether oxygens (including phenoxy) is 1. The van der Waals surface area contributed by atoms with E-state index in [0.717, 1.165) is 0 Å². The molecule has 29 heavy (non-hydrogen) atoms. The monoisotopic (exact) mass is 418 g/mol. The Balaban J connectivity index is 0.000000516. The summed E-state index contributed by atoms with van der Waals surface area (Å²) in [6, 6.07) is 21.0. The molecule has 2 aromatic rings. The fourth-order valence-corrected chi connectivity index (χ4v) is 7.89. The van der Waals surface area contributed by atoms with Crippen molar-refractivity contribution in [1.29, 1.82) is 0 Å². The maximum Gasteiger partial charge on any atom is 0.334 e. The first kappa shape index (κ1) is 25.0. The second kappa shape index (κ2) is 11.3. The van der Waals surface area contributed by atoms with E-state index >= 15 is 0 Å². The molecule has 0 unspecified atom stereocenters. The number of esters is 1. The molecule has 0 aliphatic carbocycles. The number of benzene rings is 2. The zero-order valence-electron chi connectivity index (χ0n) is 18.3. The molecule has 0 saturated carbocycles. The van der Waals surface area contributed by atoms with Gasteiger partial charge in [-0.05, 0) is 29.3 Å². The Morgan fingerprint density at radius 1 is 0.966 bits per heavy atom. The summed E-state index contributed by atoms with van der Waals surface area (Å²) in [5, 5.41) is 20.3. The lowest BCUT2D eigenvalue weighted by atomic mass is 10.2. The van der Waals surface area contributed by atoms with Gasteiger partial charge in [0.2, 0.25) is 0 Å². The average molecular weight is 419 g/mol. The Morgan fingerprint density at radius 3 is 1.62 bits per heavy atom. The van der Waals surface area contributed by atoms with Crippen LogP contribution in [-0.2, 0) is 14.0 Å². The summed E-state index contributed by atoms with van der Waals surface area (Å²) in [6.07, 6.45) is -1.18. The molecular weight excluding hydrogens is 384 g/mol. The van der Waals surface area contributed by atoms with Gasteiger partial charge in [-0.3, -0.25) is 0 Å². The molecule has 2 N–H and O–H groups in total. The summed E-state index contributed by atoms with van der Waals surface area (Å²) >= 11 is 0. The fourth-order valence-electron chi connectivity index (χ4n) is 3.20. The van der Waals surface area contributed by atoms with Crippen LogP contribution in [0.4, 0.5) is 0 Å². The number of aliphatic hydroxyl groups is 2. The normalized spacial score (nSPS) is 13.7. The van der Waals surface area contributed by atoms with E-state index in [0.29, 0.717) is 0 Å². The maximum atomic E-state index is 10.0. The number of aliphatic hydroxyl groups excluding tert-OH is 2. The molecule has 2 atom stereocenters. The molecule has 160 valence electrons. The van der Waals surface area contributed by atoms with E-state index < -0.39 is 20.4 Å². The molecule has 2 rings (SSSR count). The van der Waals surface area contributed by atoms with E-state index in [-0.39, 0.29) is 17.7 Å². The van der Waals surface area contributed by atoms with Crippen LogP contribution in [0, 0.1) is 0 Å². The van der Waals surface area contributed by atoms with E-state index in [2.05, 4.69) is 74.0 Å². The van der Waals surface area contributed by atoms with Gasteiger partial charge in [0.15, 0.2) is 0 Å². The molecule has 0 saturated heterocycles. The molecule has 6 heteroatoms. The molecule has 0 aromatic heterocycles. The molecule has 0 heterocycles. The van der Waals surface area contributed by atoms with Crippen LogP contribution < -0.4 is 10.4 Å². The highest BCUT2D eigenvalue weighted by Gasteiger charge is 2.50. The lowest BCUT2D eigenvalue weighted by molar-refractivity contribution is -0.149. The quantitative estimate of drug-likeness (QED) is 0.557. The van der Waals surface area contributed by atoms with Crippen LogP contribution in [0.2, 0.25) is 5.04 Å². The van der Waals surface area contributed by atoms with Crippen molar-refractivity contribution in [2.24, 2.45) is 0 Å². The summed E-state index contributed by atoms with van der Waals surface area (Å²) in [4.78, 5) is 10.0. The highest BCUT2D eigenvalue weighted by atomic mass is 28.4. The minimum atomic E-state index is -2.49. The third-order valence-corrected chi connectivity index (χ3v) is 9.76. The summed E-state index contributed by atoms with van der Waals surface area (Å²) in [5.41, 5.74) is 0. The summed E-state index contributed by atoms with van der Waals surface area (Å²) in [6.45, 7) is 10.0. The van der Waals surface area contributed by atoms with Gasteiger partial charge < -0.3 is 19.4 Å². The smallest absolute Gasteiger partial charge is 0.334 e. The van der Waals surface area contributed by atoms with Crippen LogP contribution in [0.5, 0.6) is 0 Å². The molecule has 0 aliphatic rings. The Labute approximate surface area is 175 Å². The van der Waals surface area contributed by atoms with Crippen LogP contribution in [0.1, 0.15) is 34.6 Å². The Bertz CT molecular complexity index is 686. The molecule has 0 aliphatic heterocycles. The highest BCUT2D eigenvalue weighted by Crippen LogP contribution is 2.37. The number of carbonyl (C=O) groups excluding carboxylic acids is 1. The third-order valence-electron chi connectivity index (χ3n) is 4.59. The predicted molar refractivity (Wildman–Crippen MR) is 119 cm³/mol. The van der Waals surface area contributed by atoms with Crippen LogP contribution in [0.15, 0.2) is 60.7 Å². The van der Waals surface area contributed by atoms with Crippen molar-refractivity contribution in [2.45, 2.75) is 51.9 Å². The Morgan fingerprint density at radius 2 is 1.38 bits per heavy atom. The van der Waals surface area contributed by atoms with Crippen molar-refractivity contribution >= 4 is 24.7 Å². The zero-order chi connectivity index (χ0) is 22.1. The second-order valence-corrected chi connectivity index (χ2v) is 12.2. The zero-order valence-corrected chi connectivity index (χ0v) is 19.3. The molecular formula is C23H34O5Si. The van der Waals surface area contributed by atoms with Gasteiger partial charge in [-0.2, -0.15) is 0 Å².